The molecule has 0 saturated carbocycles. The Bertz CT molecular complexity index is 344. The molecule has 1 aromatic rings. The molecule has 0 amide bonds. The summed E-state index contributed by atoms with van der Waals surface area (Å²) in [6.07, 6.45) is 3.54. The molecule has 0 saturated heterocycles. The first-order chi connectivity index (χ1) is 7.13. The highest BCUT2D eigenvalue weighted by Gasteiger charge is 2.05. The number of rotatable bonds is 5. The number of pyridine rings is 1. The van der Waals surface area contributed by atoms with Crippen LogP contribution in [0.1, 0.15) is 17.4 Å². The van der Waals surface area contributed by atoms with Crippen molar-refractivity contribution in [3.8, 4) is 0 Å². The Morgan fingerprint density at radius 3 is 3.07 bits per heavy atom. The normalized spacial score (nSPS) is 12.1. The van der Waals surface area contributed by atoms with Crippen molar-refractivity contribution < 1.29 is 9.90 Å². The molecule has 0 bridgehead atoms. The molecule has 0 fully saturated rings. The van der Waals surface area contributed by atoms with Gasteiger partial charge in [0.05, 0.1) is 0 Å². The van der Waals surface area contributed by atoms with Gasteiger partial charge in [0, 0.05) is 23.7 Å². The minimum absolute atomic E-state index is 0.0665. The molecule has 0 aliphatic rings. The van der Waals surface area contributed by atoms with E-state index in [2.05, 4.69) is 17.2 Å². The SMILES string of the molecule is CSC(C)CNc1ccnc(C(=O)O)c1. The standard InChI is InChI=1S/C10H14N2O2S/c1-7(15-2)6-12-8-3-4-11-9(5-8)10(13)14/h3-5,7H,6H2,1-2H3,(H,11,12)(H,13,14). The third-order valence-electron chi connectivity index (χ3n) is 1.98. The molecule has 1 unspecified atom stereocenters. The van der Waals surface area contributed by atoms with E-state index in [-0.39, 0.29) is 5.69 Å². The Morgan fingerprint density at radius 1 is 1.73 bits per heavy atom. The van der Waals surface area contributed by atoms with E-state index in [4.69, 9.17) is 5.11 Å². The van der Waals surface area contributed by atoms with Crippen molar-refractivity contribution in [2.75, 3.05) is 18.1 Å². The van der Waals surface area contributed by atoms with Crippen LogP contribution in [0.15, 0.2) is 18.3 Å². The summed E-state index contributed by atoms with van der Waals surface area (Å²) < 4.78 is 0. The lowest BCUT2D eigenvalue weighted by molar-refractivity contribution is 0.0690. The molecule has 82 valence electrons. The maximum Gasteiger partial charge on any atom is 0.354 e. The maximum absolute atomic E-state index is 10.7. The second kappa shape index (κ2) is 5.60. The van der Waals surface area contributed by atoms with Gasteiger partial charge < -0.3 is 10.4 Å². The van der Waals surface area contributed by atoms with Crippen LogP contribution in [0.25, 0.3) is 0 Å². The summed E-state index contributed by atoms with van der Waals surface area (Å²) in [7, 11) is 0. The Labute approximate surface area is 93.1 Å². The number of hydrogen-bond donors (Lipinski definition) is 2. The first kappa shape index (κ1) is 11.8. The minimum atomic E-state index is -1.00. The van der Waals surface area contributed by atoms with Crippen LogP contribution in [-0.2, 0) is 0 Å². The predicted molar refractivity (Wildman–Crippen MR) is 62.7 cm³/mol. The van der Waals surface area contributed by atoms with Gasteiger partial charge in [-0.1, -0.05) is 6.92 Å². The minimum Gasteiger partial charge on any atom is -0.477 e. The summed E-state index contributed by atoms with van der Waals surface area (Å²) in [6, 6.07) is 3.30. The lowest BCUT2D eigenvalue weighted by atomic mass is 10.3. The smallest absolute Gasteiger partial charge is 0.354 e. The molecule has 1 rings (SSSR count). The molecule has 0 spiro atoms. The lowest BCUT2D eigenvalue weighted by Gasteiger charge is -2.10. The predicted octanol–water partition coefficient (Wildman–Crippen LogP) is 1.94. The van der Waals surface area contributed by atoms with Crippen molar-refractivity contribution in [2.45, 2.75) is 12.2 Å². The fraction of sp³-hybridized carbons (Fsp3) is 0.400. The monoisotopic (exact) mass is 226 g/mol. The first-order valence-electron chi connectivity index (χ1n) is 4.59. The van der Waals surface area contributed by atoms with Gasteiger partial charge in [0.1, 0.15) is 5.69 Å². The summed E-state index contributed by atoms with van der Waals surface area (Å²) in [5.41, 5.74) is 0.861. The van der Waals surface area contributed by atoms with Crippen LogP contribution < -0.4 is 5.32 Å². The highest BCUT2D eigenvalue weighted by atomic mass is 32.2. The van der Waals surface area contributed by atoms with Crippen LogP contribution in [-0.4, -0.2) is 34.1 Å². The van der Waals surface area contributed by atoms with Crippen molar-refractivity contribution in [3.63, 3.8) is 0 Å². The van der Waals surface area contributed by atoms with E-state index in [0.29, 0.717) is 5.25 Å². The van der Waals surface area contributed by atoms with Gasteiger partial charge in [-0.25, -0.2) is 9.78 Å². The number of hydrogen-bond acceptors (Lipinski definition) is 4. The molecule has 0 aliphatic carbocycles. The van der Waals surface area contributed by atoms with Crippen molar-refractivity contribution in [2.24, 2.45) is 0 Å². The van der Waals surface area contributed by atoms with Crippen molar-refractivity contribution >= 4 is 23.4 Å². The Morgan fingerprint density at radius 2 is 2.47 bits per heavy atom. The second-order valence-corrected chi connectivity index (χ2v) is 4.44. The lowest BCUT2D eigenvalue weighted by Crippen LogP contribution is -2.13. The summed E-state index contributed by atoms with van der Waals surface area (Å²) in [6.45, 7) is 2.92. The van der Waals surface area contributed by atoms with Crippen LogP contribution in [0.3, 0.4) is 0 Å². The van der Waals surface area contributed by atoms with Crippen molar-refractivity contribution in [1.29, 1.82) is 0 Å². The average molecular weight is 226 g/mol. The van der Waals surface area contributed by atoms with Crippen LogP contribution in [0.2, 0.25) is 0 Å². The molecule has 0 aliphatic heterocycles. The van der Waals surface area contributed by atoms with Crippen LogP contribution in [0, 0.1) is 0 Å². The molecule has 5 heteroatoms. The third-order valence-corrected chi connectivity index (χ3v) is 2.95. The molecule has 2 N–H and O–H groups in total. The number of carbonyl (C=O) groups is 1. The number of nitrogens with one attached hydrogen (secondary N) is 1. The van der Waals surface area contributed by atoms with Gasteiger partial charge in [-0.2, -0.15) is 11.8 Å². The van der Waals surface area contributed by atoms with E-state index >= 15 is 0 Å². The summed E-state index contributed by atoms with van der Waals surface area (Å²) in [4.78, 5) is 14.4. The molecule has 1 aromatic heterocycles. The van der Waals surface area contributed by atoms with E-state index in [1.807, 2.05) is 6.26 Å². The summed E-state index contributed by atoms with van der Waals surface area (Å²) in [5.74, 6) is -1.00. The third kappa shape index (κ3) is 3.79. The fourth-order valence-electron chi connectivity index (χ4n) is 1.00. The molecule has 0 aromatic carbocycles. The first-order valence-corrected chi connectivity index (χ1v) is 5.88. The second-order valence-electron chi connectivity index (χ2n) is 3.16. The zero-order chi connectivity index (χ0) is 11.3. The Balaban J connectivity index is 2.62. The largest absolute Gasteiger partial charge is 0.477 e. The van der Waals surface area contributed by atoms with Crippen LogP contribution >= 0.6 is 11.8 Å². The molecular weight excluding hydrogens is 212 g/mol. The molecule has 0 radical (unpaired) electrons. The van der Waals surface area contributed by atoms with Gasteiger partial charge in [-0.15, -0.1) is 0 Å². The van der Waals surface area contributed by atoms with Gasteiger partial charge in [-0.05, 0) is 18.4 Å². The van der Waals surface area contributed by atoms with Gasteiger partial charge in [0.25, 0.3) is 0 Å². The van der Waals surface area contributed by atoms with E-state index in [0.717, 1.165) is 12.2 Å². The van der Waals surface area contributed by atoms with Gasteiger partial charge in [0.2, 0.25) is 0 Å². The quantitative estimate of drug-likeness (QED) is 0.803. The number of anilines is 1. The fourth-order valence-corrected chi connectivity index (χ4v) is 1.25. The molecular formula is C10H14N2O2S. The van der Waals surface area contributed by atoms with E-state index in [9.17, 15) is 4.79 Å². The zero-order valence-electron chi connectivity index (χ0n) is 8.73. The molecule has 15 heavy (non-hydrogen) atoms. The molecule has 1 heterocycles. The molecule has 1 atom stereocenters. The average Bonchev–Trinajstić information content (AvgIpc) is 2.26. The van der Waals surface area contributed by atoms with Crippen LogP contribution in [0.4, 0.5) is 5.69 Å². The number of carboxylic acid groups (broad SMARTS) is 1. The zero-order valence-corrected chi connectivity index (χ0v) is 9.54. The van der Waals surface area contributed by atoms with Crippen molar-refractivity contribution in [3.05, 3.63) is 24.0 Å². The Hall–Kier alpha value is -1.23. The Kier molecular flexibility index (Phi) is 4.42. The van der Waals surface area contributed by atoms with Gasteiger partial charge in [0.15, 0.2) is 0 Å². The van der Waals surface area contributed by atoms with Crippen molar-refractivity contribution in [1.82, 2.24) is 4.98 Å². The maximum atomic E-state index is 10.7. The van der Waals surface area contributed by atoms with E-state index < -0.39 is 5.97 Å². The van der Waals surface area contributed by atoms with E-state index in [1.54, 1.807) is 17.8 Å². The van der Waals surface area contributed by atoms with E-state index in [1.165, 1.54) is 12.3 Å². The number of nitrogens with zero attached hydrogens (tertiary/aromatic N) is 1. The topological polar surface area (TPSA) is 62.2 Å². The summed E-state index contributed by atoms with van der Waals surface area (Å²) in [5, 5.41) is 12.4. The summed E-state index contributed by atoms with van der Waals surface area (Å²) >= 11 is 1.76. The number of aromatic nitrogens is 1. The van der Waals surface area contributed by atoms with Gasteiger partial charge in [-0.3, -0.25) is 0 Å². The number of thioether (sulfide) groups is 1. The number of aromatic carboxylic acids is 1. The molecule has 4 nitrogen and oxygen atoms in total. The van der Waals surface area contributed by atoms with Crippen LogP contribution in [0.5, 0.6) is 0 Å². The van der Waals surface area contributed by atoms with Gasteiger partial charge >= 0.3 is 5.97 Å². The highest BCUT2D eigenvalue weighted by Crippen LogP contribution is 2.10. The highest BCUT2D eigenvalue weighted by molar-refractivity contribution is 7.99. The number of carboxylic acids is 1.